The summed E-state index contributed by atoms with van der Waals surface area (Å²) in [6.07, 6.45) is 1.02. The molecule has 1 N–H and O–H groups in total. The van der Waals surface area contributed by atoms with Gasteiger partial charge in [0, 0.05) is 18.9 Å². The number of Topliss-reactive ketones (excluding diaryl/α,β-unsaturated/α-hetero) is 1. The van der Waals surface area contributed by atoms with E-state index in [9.17, 15) is 14.4 Å². The zero-order valence-electron chi connectivity index (χ0n) is 9.78. The second-order valence-electron chi connectivity index (χ2n) is 4.22. The van der Waals surface area contributed by atoms with Gasteiger partial charge in [-0.05, 0) is 19.9 Å². The van der Waals surface area contributed by atoms with Crippen LogP contribution in [0.4, 0.5) is 0 Å². The Morgan fingerprint density at radius 1 is 1.50 bits per heavy atom. The number of ketones is 1. The number of hydrogen-bond acceptors (Lipinski definition) is 4. The quantitative estimate of drug-likeness (QED) is 0.509. The van der Waals surface area contributed by atoms with E-state index < -0.39 is 0 Å². The topological polar surface area (TPSA) is 66.5 Å². The lowest BCUT2D eigenvalue weighted by Crippen LogP contribution is -2.33. The van der Waals surface area contributed by atoms with Crippen molar-refractivity contribution in [1.29, 1.82) is 0 Å². The molecule has 1 fully saturated rings. The lowest BCUT2D eigenvalue weighted by atomic mass is 10.1. The van der Waals surface area contributed by atoms with E-state index in [4.69, 9.17) is 0 Å². The predicted octanol–water partition coefficient (Wildman–Crippen LogP) is -0.0499. The Bertz CT molecular complexity index is 302. The van der Waals surface area contributed by atoms with Crippen LogP contribution in [0.5, 0.6) is 0 Å². The van der Waals surface area contributed by atoms with Gasteiger partial charge in [-0.25, -0.2) is 0 Å². The van der Waals surface area contributed by atoms with Gasteiger partial charge in [-0.2, -0.15) is 0 Å². The van der Waals surface area contributed by atoms with Crippen LogP contribution in [0.3, 0.4) is 0 Å². The third-order valence-electron chi connectivity index (χ3n) is 2.58. The standard InChI is InChI=1S/C11H18N2O3/c1-8-6-10(15)13(11(8)16)5-3-4-12-7-9(2)14/h8,12H,3-7H2,1-2H3. The Morgan fingerprint density at radius 2 is 2.19 bits per heavy atom. The van der Waals surface area contributed by atoms with E-state index in [0.717, 1.165) is 0 Å². The van der Waals surface area contributed by atoms with Gasteiger partial charge in [0.1, 0.15) is 5.78 Å². The largest absolute Gasteiger partial charge is 0.310 e. The smallest absolute Gasteiger partial charge is 0.232 e. The fourth-order valence-electron chi connectivity index (χ4n) is 1.71. The highest BCUT2D eigenvalue weighted by Gasteiger charge is 2.34. The Balaban J connectivity index is 2.20. The molecule has 5 nitrogen and oxygen atoms in total. The molecule has 0 aromatic heterocycles. The van der Waals surface area contributed by atoms with Crippen molar-refractivity contribution >= 4 is 17.6 Å². The first kappa shape index (κ1) is 12.8. The number of likely N-dealkylation sites (tertiary alicyclic amines) is 1. The molecule has 0 aliphatic carbocycles. The third kappa shape index (κ3) is 3.41. The summed E-state index contributed by atoms with van der Waals surface area (Å²) in [4.78, 5) is 34.9. The molecule has 16 heavy (non-hydrogen) atoms. The van der Waals surface area contributed by atoms with Crippen LogP contribution in [0.25, 0.3) is 0 Å². The molecule has 0 spiro atoms. The van der Waals surface area contributed by atoms with Crippen LogP contribution in [0.1, 0.15) is 26.7 Å². The van der Waals surface area contributed by atoms with Crippen molar-refractivity contribution in [2.45, 2.75) is 26.7 Å². The first-order valence-electron chi connectivity index (χ1n) is 5.56. The Labute approximate surface area is 95.2 Å². The number of rotatable bonds is 6. The van der Waals surface area contributed by atoms with Crippen molar-refractivity contribution < 1.29 is 14.4 Å². The van der Waals surface area contributed by atoms with Gasteiger partial charge in [-0.3, -0.25) is 19.3 Å². The number of imide groups is 1. The fraction of sp³-hybridized carbons (Fsp3) is 0.727. The highest BCUT2D eigenvalue weighted by atomic mass is 16.2. The van der Waals surface area contributed by atoms with Crippen molar-refractivity contribution in [2.24, 2.45) is 5.92 Å². The van der Waals surface area contributed by atoms with Crippen molar-refractivity contribution in [3.05, 3.63) is 0 Å². The predicted molar refractivity (Wildman–Crippen MR) is 58.7 cm³/mol. The number of hydrogen-bond donors (Lipinski definition) is 1. The van der Waals surface area contributed by atoms with Gasteiger partial charge in [-0.1, -0.05) is 6.92 Å². The summed E-state index contributed by atoms with van der Waals surface area (Å²) >= 11 is 0. The average molecular weight is 226 g/mol. The maximum Gasteiger partial charge on any atom is 0.232 e. The minimum absolute atomic E-state index is 0.0726. The molecule has 1 aliphatic heterocycles. The number of nitrogens with one attached hydrogen (secondary N) is 1. The van der Waals surface area contributed by atoms with E-state index in [1.807, 2.05) is 0 Å². The van der Waals surface area contributed by atoms with Crippen LogP contribution in [-0.2, 0) is 14.4 Å². The van der Waals surface area contributed by atoms with Crippen molar-refractivity contribution in [2.75, 3.05) is 19.6 Å². The second-order valence-corrected chi connectivity index (χ2v) is 4.22. The monoisotopic (exact) mass is 226 g/mol. The van der Waals surface area contributed by atoms with Crippen molar-refractivity contribution in [1.82, 2.24) is 10.2 Å². The molecular formula is C11H18N2O3. The van der Waals surface area contributed by atoms with E-state index in [-0.39, 0.29) is 23.5 Å². The molecule has 1 rings (SSSR count). The van der Waals surface area contributed by atoms with E-state index in [2.05, 4.69) is 5.32 Å². The molecule has 0 aromatic carbocycles. The summed E-state index contributed by atoms with van der Waals surface area (Å²) in [6.45, 7) is 4.73. The molecule has 1 aliphatic rings. The molecular weight excluding hydrogens is 208 g/mol. The van der Waals surface area contributed by atoms with Crippen LogP contribution >= 0.6 is 0 Å². The molecule has 0 radical (unpaired) electrons. The lowest BCUT2D eigenvalue weighted by Gasteiger charge is -2.13. The Hall–Kier alpha value is -1.23. The van der Waals surface area contributed by atoms with Gasteiger partial charge in [0.15, 0.2) is 0 Å². The molecule has 2 amide bonds. The van der Waals surface area contributed by atoms with Crippen LogP contribution < -0.4 is 5.32 Å². The van der Waals surface area contributed by atoms with Crippen molar-refractivity contribution in [3.8, 4) is 0 Å². The molecule has 0 bridgehead atoms. The molecule has 90 valence electrons. The minimum Gasteiger partial charge on any atom is -0.310 e. The summed E-state index contributed by atoms with van der Waals surface area (Å²) in [5.41, 5.74) is 0. The van der Waals surface area contributed by atoms with E-state index in [1.54, 1.807) is 6.92 Å². The number of carbonyl (C=O) groups is 3. The number of nitrogens with zero attached hydrogens (tertiary/aromatic N) is 1. The summed E-state index contributed by atoms with van der Waals surface area (Å²) < 4.78 is 0. The van der Waals surface area contributed by atoms with Crippen LogP contribution in [0.2, 0.25) is 0 Å². The summed E-state index contributed by atoms with van der Waals surface area (Å²) in [5, 5.41) is 2.95. The molecule has 0 saturated carbocycles. The molecule has 1 saturated heterocycles. The SMILES string of the molecule is CC(=O)CNCCCN1C(=O)CC(C)C1=O. The third-order valence-corrected chi connectivity index (χ3v) is 2.58. The van der Waals surface area contributed by atoms with Gasteiger partial charge in [-0.15, -0.1) is 0 Å². The highest BCUT2D eigenvalue weighted by Crippen LogP contribution is 2.18. The first-order valence-corrected chi connectivity index (χ1v) is 5.56. The molecule has 0 aromatic rings. The van der Waals surface area contributed by atoms with Crippen molar-refractivity contribution in [3.63, 3.8) is 0 Å². The summed E-state index contributed by atoms with van der Waals surface area (Å²) in [6, 6.07) is 0. The van der Waals surface area contributed by atoms with Gasteiger partial charge >= 0.3 is 0 Å². The van der Waals surface area contributed by atoms with Crippen LogP contribution in [-0.4, -0.2) is 42.1 Å². The molecule has 1 unspecified atom stereocenters. The Kier molecular flexibility index (Phi) is 4.61. The Morgan fingerprint density at radius 3 is 2.69 bits per heavy atom. The average Bonchev–Trinajstić information content (AvgIpc) is 2.43. The van der Waals surface area contributed by atoms with E-state index in [1.165, 1.54) is 11.8 Å². The summed E-state index contributed by atoms with van der Waals surface area (Å²) in [5.74, 6) is -0.236. The summed E-state index contributed by atoms with van der Waals surface area (Å²) in [7, 11) is 0. The second kappa shape index (κ2) is 5.75. The molecule has 5 heteroatoms. The van der Waals surface area contributed by atoms with E-state index in [0.29, 0.717) is 32.5 Å². The van der Waals surface area contributed by atoms with Gasteiger partial charge in [0.2, 0.25) is 11.8 Å². The first-order chi connectivity index (χ1) is 7.52. The lowest BCUT2D eigenvalue weighted by molar-refractivity contribution is -0.139. The minimum atomic E-state index is -0.169. The van der Waals surface area contributed by atoms with Gasteiger partial charge < -0.3 is 5.32 Å². The molecule has 1 heterocycles. The maximum absolute atomic E-state index is 11.5. The highest BCUT2D eigenvalue weighted by molar-refractivity contribution is 6.03. The maximum atomic E-state index is 11.5. The van der Waals surface area contributed by atoms with Gasteiger partial charge in [0.25, 0.3) is 0 Å². The van der Waals surface area contributed by atoms with E-state index >= 15 is 0 Å². The normalized spacial score (nSPS) is 20.6. The number of amides is 2. The fourth-order valence-corrected chi connectivity index (χ4v) is 1.71. The number of carbonyl (C=O) groups excluding carboxylic acids is 3. The van der Waals surface area contributed by atoms with Crippen LogP contribution in [0, 0.1) is 5.92 Å². The zero-order chi connectivity index (χ0) is 12.1. The van der Waals surface area contributed by atoms with Crippen LogP contribution in [0.15, 0.2) is 0 Å². The molecule has 1 atom stereocenters. The zero-order valence-corrected chi connectivity index (χ0v) is 9.78. The van der Waals surface area contributed by atoms with Gasteiger partial charge in [0.05, 0.1) is 6.54 Å².